The van der Waals surface area contributed by atoms with Gasteiger partial charge in [0.05, 0.1) is 22.4 Å². The first-order valence-electron chi connectivity index (χ1n) is 10.4. The lowest BCUT2D eigenvalue weighted by atomic mass is 10.1. The van der Waals surface area contributed by atoms with Crippen molar-refractivity contribution in [2.24, 2.45) is 0 Å². The number of sulfone groups is 1. The molecule has 8 heteroatoms. The molecule has 2 aromatic carbocycles. The van der Waals surface area contributed by atoms with Crippen LogP contribution in [0.25, 0.3) is 0 Å². The Hall–Kier alpha value is -3.23. The second-order valence-electron chi connectivity index (χ2n) is 8.14. The maximum absolute atomic E-state index is 12.9. The van der Waals surface area contributed by atoms with Gasteiger partial charge in [-0.1, -0.05) is 36.4 Å². The number of carbonyl (C=O) groups is 1. The molecule has 4 rings (SSSR count). The van der Waals surface area contributed by atoms with Gasteiger partial charge in [-0.15, -0.1) is 0 Å². The van der Waals surface area contributed by atoms with E-state index >= 15 is 0 Å². The number of hydrogen-bond donors (Lipinski definition) is 2. The lowest BCUT2D eigenvalue weighted by molar-refractivity contribution is 0.249. The summed E-state index contributed by atoms with van der Waals surface area (Å²) in [7, 11) is -1.52. The lowest BCUT2D eigenvalue weighted by Gasteiger charge is -2.15. The summed E-state index contributed by atoms with van der Waals surface area (Å²) in [6, 6.07) is 17.3. The summed E-state index contributed by atoms with van der Waals surface area (Å²) in [5.41, 5.74) is 4.27. The van der Waals surface area contributed by atoms with E-state index in [1.165, 1.54) is 12.1 Å². The number of fused-ring (bicyclic) bond motifs is 1. The average molecular weight is 451 g/mol. The Labute approximate surface area is 188 Å². The van der Waals surface area contributed by atoms with Crippen LogP contribution in [0.3, 0.4) is 0 Å². The maximum atomic E-state index is 12.9. The quantitative estimate of drug-likeness (QED) is 0.595. The topological polar surface area (TPSA) is 91.4 Å². The van der Waals surface area contributed by atoms with Crippen LogP contribution in [0.2, 0.25) is 0 Å². The Morgan fingerprint density at radius 1 is 1.09 bits per heavy atom. The third-order valence-electron chi connectivity index (χ3n) is 5.45. The molecule has 0 fully saturated rings. The smallest absolute Gasteiger partial charge is 0.319 e. The van der Waals surface area contributed by atoms with Gasteiger partial charge in [-0.3, -0.25) is 9.88 Å². The van der Waals surface area contributed by atoms with Crippen LogP contribution in [0.4, 0.5) is 10.5 Å². The van der Waals surface area contributed by atoms with E-state index in [0.29, 0.717) is 11.3 Å². The van der Waals surface area contributed by atoms with Gasteiger partial charge in [-0.25, -0.2) is 13.2 Å². The van der Waals surface area contributed by atoms with E-state index in [4.69, 9.17) is 0 Å². The van der Waals surface area contributed by atoms with E-state index in [1.54, 1.807) is 18.3 Å². The minimum Gasteiger partial charge on any atom is -0.331 e. The van der Waals surface area contributed by atoms with Crippen molar-refractivity contribution in [3.8, 4) is 0 Å². The van der Waals surface area contributed by atoms with E-state index < -0.39 is 9.84 Å². The highest BCUT2D eigenvalue weighted by Crippen LogP contribution is 2.23. The molecule has 32 heavy (non-hydrogen) atoms. The monoisotopic (exact) mass is 450 g/mol. The molecule has 166 valence electrons. The second-order valence-corrected chi connectivity index (χ2v) is 10.1. The molecule has 0 radical (unpaired) electrons. The van der Waals surface area contributed by atoms with Crippen molar-refractivity contribution in [3.63, 3.8) is 0 Å². The van der Waals surface area contributed by atoms with Gasteiger partial charge in [-0.05, 0) is 54.9 Å². The maximum Gasteiger partial charge on any atom is 0.319 e. The van der Waals surface area contributed by atoms with Gasteiger partial charge < -0.3 is 10.6 Å². The Morgan fingerprint density at radius 2 is 1.81 bits per heavy atom. The minimum absolute atomic E-state index is 0.112. The highest BCUT2D eigenvalue weighted by molar-refractivity contribution is 7.90. The molecule has 1 unspecified atom stereocenters. The van der Waals surface area contributed by atoms with E-state index in [9.17, 15) is 13.2 Å². The third-order valence-corrected chi connectivity index (χ3v) is 7.16. The van der Waals surface area contributed by atoms with Crippen LogP contribution < -0.4 is 10.6 Å². The summed E-state index contributed by atoms with van der Waals surface area (Å²) in [4.78, 5) is 19.0. The summed E-state index contributed by atoms with van der Waals surface area (Å²) in [5.74, 6) is -0.112. The number of benzene rings is 2. The first kappa shape index (κ1) is 22.0. The Balaban J connectivity index is 1.38. The molecule has 0 bridgehead atoms. The fourth-order valence-electron chi connectivity index (χ4n) is 3.79. The number of urea groups is 1. The van der Waals surface area contributed by atoms with Crippen LogP contribution in [0.1, 0.15) is 35.3 Å². The molecule has 0 spiro atoms. The third kappa shape index (κ3) is 5.15. The standard InChI is InChI=1S/C24H26N4O3S/c1-17(19-6-4-3-5-7-19)26-24(29)27-21-8-10-22(11-9-21)32(30,31)16-18-12-20-14-28(2)15-23(20)25-13-18/h3-13,17H,14-16H2,1-2H3,(H2,26,27,29). The van der Waals surface area contributed by atoms with E-state index in [2.05, 4.69) is 20.5 Å². The largest absolute Gasteiger partial charge is 0.331 e. The molecule has 0 aliphatic carbocycles. The van der Waals surface area contributed by atoms with Crippen molar-refractivity contribution in [1.82, 2.24) is 15.2 Å². The Morgan fingerprint density at radius 3 is 2.53 bits per heavy atom. The zero-order chi connectivity index (χ0) is 22.7. The SMILES string of the molecule is CC(NC(=O)Nc1ccc(S(=O)(=O)Cc2cnc3c(c2)CN(C)C3)cc1)c1ccccc1. The van der Waals surface area contributed by atoms with E-state index in [-0.39, 0.29) is 22.7 Å². The fourth-order valence-corrected chi connectivity index (χ4v) is 5.10. The molecular weight excluding hydrogens is 424 g/mol. The van der Waals surface area contributed by atoms with Gasteiger partial charge in [-0.2, -0.15) is 0 Å². The number of amides is 2. The van der Waals surface area contributed by atoms with Crippen LogP contribution in [-0.4, -0.2) is 31.4 Å². The fraction of sp³-hybridized carbons (Fsp3) is 0.250. The first-order valence-corrected chi connectivity index (χ1v) is 12.1. The predicted octanol–water partition coefficient (Wildman–Crippen LogP) is 3.88. The van der Waals surface area contributed by atoms with Crippen LogP contribution in [-0.2, 0) is 28.7 Å². The Kier molecular flexibility index (Phi) is 6.25. The van der Waals surface area contributed by atoms with Crippen molar-refractivity contribution in [3.05, 3.63) is 89.2 Å². The number of carbonyl (C=O) groups excluding carboxylic acids is 1. The van der Waals surface area contributed by atoms with Gasteiger partial charge in [0.1, 0.15) is 0 Å². The molecule has 2 heterocycles. The average Bonchev–Trinajstić information content (AvgIpc) is 3.13. The number of nitrogens with zero attached hydrogens (tertiary/aromatic N) is 2. The minimum atomic E-state index is -3.53. The second kappa shape index (κ2) is 9.10. The van der Waals surface area contributed by atoms with E-state index in [1.807, 2.05) is 50.4 Å². The molecule has 2 N–H and O–H groups in total. The molecular formula is C24H26N4O3S. The molecule has 0 saturated carbocycles. The molecule has 1 aliphatic rings. The first-order chi connectivity index (χ1) is 15.3. The van der Waals surface area contributed by atoms with E-state index in [0.717, 1.165) is 29.9 Å². The van der Waals surface area contributed by atoms with Gasteiger partial charge in [0.25, 0.3) is 0 Å². The lowest BCUT2D eigenvalue weighted by Crippen LogP contribution is -2.31. The van der Waals surface area contributed by atoms with Crippen LogP contribution in [0, 0.1) is 0 Å². The molecule has 2 amide bonds. The molecule has 1 aromatic heterocycles. The Bertz CT molecular complexity index is 1210. The van der Waals surface area contributed by atoms with Crippen molar-refractivity contribution < 1.29 is 13.2 Å². The van der Waals surface area contributed by atoms with Crippen molar-refractivity contribution >= 4 is 21.6 Å². The molecule has 0 saturated heterocycles. The summed E-state index contributed by atoms with van der Waals surface area (Å²) in [6.45, 7) is 3.46. The van der Waals surface area contributed by atoms with Gasteiger partial charge >= 0.3 is 6.03 Å². The summed E-state index contributed by atoms with van der Waals surface area (Å²) in [6.07, 6.45) is 1.64. The highest BCUT2D eigenvalue weighted by Gasteiger charge is 2.20. The molecule has 3 aromatic rings. The highest BCUT2D eigenvalue weighted by atomic mass is 32.2. The van der Waals surface area contributed by atoms with Crippen LogP contribution in [0.5, 0.6) is 0 Å². The summed E-state index contributed by atoms with van der Waals surface area (Å²) < 4.78 is 25.7. The molecule has 1 aliphatic heterocycles. The van der Waals surface area contributed by atoms with Crippen LogP contribution in [0.15, 0.2) is 71.8 Å². The molecule has 1 atom stereocenters. The van der Waals surface area contributed by atoms with Crippen molar-refractivity contribution in [1.29, 1.82) is 0 Å². The van der Waals surface area contributed by atoms with Crippen molar-refractivity contribution in [2.75, 3.05) is 12.4 Å². The number of hydrogen-bond acceptors (Lipinski definition) is 5. The number of pyridine rings is 1. The van der Waals surface area contributed by atoms with Gasteiger partial charge in [0.15, 0.2) is 9.84 Å². The molecule has 7 nitrogen and oxygen atoms in total. The summed E-state index contributed by atoms with van der Waals surface area (Å²) in [5, 5.41) is 5.61. The van der Waals surface area contributed by atoms with Crippen LogP contribution >= 0.6 is 0 Å². The predicted molar refractivity (Wildman–Crippen MR) is 124 cm³/mol. The zero-order valence-corrected chi connectivity index (χ0v) is 18.9. The number of anilines is 1. The van der Waals surface area contributed by atoms with Gasteiger partial charge in [0.2, 0.25) is 0 Å². The van der Waals surface area contributed by atoms with Gasteiger partial charge in [0, 0.05) is 25.0 Å². The normalized spacial score (nSPS) is 14.6. The number of nitrogens with one attached hydrogen (secondary N) is 2. The zero-order valence-electron chi connectivity index (χ0n) is 18.1. The number of aromatic nitrogens is 1. The van der Waals surface area contributed by atoms with Crippen molar-refractivity contribution in [2.45, 2.75) is 36.7 Å². The summed E-state index contributed by atoms with van der Waals surface area (Å²) >= 11 is 0. The number of rotatable bonds is 6.